The van der Waals surface area contributed by atoms with Gasteiger partial charge in [-0.25, -0.2) is 4.98 Å². The molecular weight excluding hydrogens is 405 g/mol. The lowest BCUT2D eigenvalue weighted by Gasteiger charge is -2.33. The third-order valence-corrected chi connectivity index (χ3v) is 5.33. The number of hydrogen-bond acceptors (Lipinski definition) is 4. The van der Waals surface area contributed by atoms with Gasteiger partial charge in [-0.1, -0.05) is 41.4 Å². The van der Waals surface area contributed by atoms with Gasteiger partial charge in [0.1, 0.15) is 5.15 Å². The summed E-state index contributed by atoms with van der Waals surface area (Å²) in [6.45, 7) is 5.98. The van der Waals surface area contributed by atoms with Crippen molar-refractivity contribution in [3.63, 3.8) is 0 Å². The molecule has 5 nitrogen and oxygen atoms in total. The van der Waals surface area contributed by atoms with Gasteiger partial charge in [-0.15, -0.1) is 0 Å². The maximum atomic E-state index is 6.08. The number of aromatic amines is 1. The van der Waals surface area contributed by atoms with Gasteiger partial charge in [0, 0.05) is 40.4 Å². The summed E-state index contributed by atoms with van der Waals surface area (Å²) in [5, 5.41) is 4.98. The van der Waals surface area contributed by atoms with Crippen LogP contribution in [0.1, 0.15) is 12.8 Å². The Hall–Kier alpha value is -1.95. The molecule has 140 valence electrons. The Balaban J connectivity index is 1.48. The zero-order valence-corrected chi connectivity index (χ0v) is 16.7. The lowest BCUT2D eigenvalue weighted by molar-refractivity contribution is 0.464. The largest absolute Gasteiger partial charge is 0.359 e. The molecule has 0 radical (unpaired) electrons. The maximum absolute atomic E-state index is 6.08. The molecule has 0 spiro atoms. The molecule has 8 heteroatoms. The van der Waals surface area contributed by atoms with E-state index in [2.05, 4.69) is 31.7 Å². The molecule has 4 rings (SSSR count). The van der Waals surface area contributed by atoms with Gasteiger partial charge in [0.2, 0.25) is 5.95 Å². The van der Waals surface area contributed by atoms with Crippen LogP contribution in [-0.4, -0.2) is 28.0 Å². The highest BCUT2D eigenvalue weighted by molar-refractivity contribution is 6.35. The van der Waals surface area contributed by atoms with Gasteiger partial charge in [-0.3, -0.25) is 0 Å². The van der Waals surface area contributed by atoms with E-state index in [1.807, 2.05) is 18.2 Å². The number of aromatic nitrogens is 3. The molecule has 0 aliphatic carbocycles. The first-order valence-corrected chi connectivity index (χ1v) is 9.80. The van der Waals surface area contributed by atoms with Gasteiger partial charge in [-0.2, -0.15) is 4.98 Å². The van der Waals surface area contributed by atoms with Gasteiger partial charge in [0.05, 0.1) is 5.52 Å². The highest BCUT2D eigenvalue weighted by atomic mass is 35.5. The summed E-state index contributed by atoms with van der Waals surface area (Å²) in [6, 6.07) is 9.04. The molecule has 0 bridgehead atoms. The fourth-order valence-electron chi connectivity index (χ4n) is 3.37. The minimum absolute atomic E-state index is 0.279. The van der Waals surface area contributed by atoms with Crippen molar-refractivity contribution < 1.29 is 0 Å². The van der Waals surface area contributed by atoms with Crippen LogP contribution in [0.5, 0.6) is 0 Å². The number of imidazole rings is 1. The molecule has 1 atom stereocenters. The molecule has 1 aliphatic heterocycles. The van der Waals surface area contributed by atoms with E-state index in [4.69, 9.17) is 34.8 Å². The van der Waals surface area contributed by atoms with Crippen LogP contribution >= 0.6 is 34.8 Å². The first-order chi connectivity index (χ1) is 13.0. The van der Waals surface area contributed by atoms with Gasteiger partial charge < -0.3 is 15.2 Å². The van der Waals surface area contributed by atoms with Crippen LogP contribution < -0.4 is 10.2 Å². The van der Waals surface area contributed by atoms with Gasteiger partial charge in [0.15, 0.2) is 5.65 Å². The number of benzene rings is 1. The normalized spacial score (nSPS) is 17.3. The quantitative estimate of drug-likeness (QED) is 0.525. The third kappa shape index (κ3) is 4.15. The van der Waals surface area contributed by atoms with E-state index in [0.717, 1.165) is 48.8 Å². The lowest BCUT2D eigenvalue weighted by Crippen LogP contribution is -2.37. The summed E-state index contributed by atoms with van der Waals surface area (Å²) in [6.07, 6.45) is 2.10. The Kier molecular flexibility index (Phi) is 5.17. The van der Waals surface area contributed by atoms with Crippen molar-refractivity contribution in [2.75, 3.05) is 23.3 Å². The lowest BCUT2D eigenvalue weighted by atomic mass is 9.95. The molecule has 1 aliphatic rings. The van der Waals surface area contributed by atoms with Crippen LogP contribution in [0.15, 0.2) is 42.6 Å². The molecular formula is C19H18Cl3N5. The van der Waals surface area contributed by atoms with Crippen LogP contribution in [0.4, 0.5) is 11.6 Å². The monoisotopic (exact) mass is 421 g/mol. The summed E-state index contributed by atoms with van der Waals surface area (Å²) < 4.78 is 0. The van der Waals surface area contributed by atoms with Crippen molar-refractivity contribution >= 4 is 57.6 Å². The van der Waals surface area contributed by atoms with Gasteiger partial charge in [0.25, 0.3) is 0 Å². The van der Waals surface area contributed by atoms with E-state index in [0.29, 0.717) is 20.8 Å². The molecule has 2 aromatic heterocycles. The first kappa shape index (κ1) is 18.4. The number of nitrogens with one attached hydrogen (secondary N) is 2. The average Bonchev–Trinajstić information content (AvgIpc) is 3.04. The van der Waals surface area contributed by atoms with Crippen molar-refractivity contribution in [2.24, 2.45) is 5.92 Å². The van der Waals surface area contributed by atoms with Crippen molar-refractivity contribution in [2.45, 2.75) is 12.8 Å². The number of fused-ring (bicyclic) bond motifs is 1. The van der Waals surface area contributed by atoms with Crippen LogP contribution in [0.3, 0.4) is 0 Å². The van der Waals surface area contributed by atoms with E-state index >= 15 is 0 Å². The predicted octanol–water partition coefficient (Wildman–Crippen LogP) is 5.76. The topological polar surface area (TPSA) is 56.8 Å². The molecule has 27 heavy (non-hydrogen) atoms. The third-order valence-electron chi connectivity index (χ3n) is 4.68. The summed E-state index contributed by atoms with van der Waals surface area (Å²) in [5.41, 5.74) is 3.29. The molecule has 2 N–H and O–H groups in total. The van der Waals surface area contributed by atoms with E-state index in [9.17, 15) is 0 Å². The smallest absolute Gasteiger partial charge is 0.205 e. The number of hydrogen-bond donors (Lipinski definition) is 2. The van der Waals surface area contributed by atoms with Crippen molar-refractivity contribution in [1.29, 1.82) is 0 Å². The Labute approximate surface area is 172 Å². The second kappa shape index (κ2) is 7.58. The number of anilines is 2. The number of piperidine rings is 1. The Morgan fingerprint density at radius 1 is 1.15 bits per heavy atom. The molecule has 1 fully saturated rings. The molecule has 1 aromatic carbocycles. The summed E-state index contributed by atoms with van der Waals surface area (Å²) in [4.78, 5) is 14.4. The molecule has 0 amide bonds. The average molecular weight is 423 g/mol. The first-order valence-electron chi connectivity index (χ1n) is 8.67. The molecule has 3 aromatic rings. The highest BCUT2D eigenvalue weighted by Crippen LogP contribution is 2.29. The van der Waals surface area contributed by atoms with E-state index in [1.54, 1.807) is 12.1 Å². The van der Waals surface area contributed by atoms with E-state index < -0.39 is 0 Å². The number of halogens is 3. The maximum Gasteiger partial charge on any atom is 0.205 e. The van der Waals surface area contributed by atoms with Crippen molar-refractivity contribution in [3.05, 3.63) is 57.8 Å². The number of pyridine rings is 1. The number of nitrogens with zero attached hydrogens (tertiary/aromatic N) is 3. The predicted molar refractivity (Wildman–Crippen MR) is 113 cm³/mol. The zero-order chi connectivity index (χ0) is 19.0. The van der Waals surface area contributed by atoms with Crippen LogP contribution in [-0.2, 0) is 0 Å². The van der Waals surface area contributed by atoms with E-state index in [-0.39, 0.29) is 5.92 Å². The SMILES string of the molecule is C=C(Nc1cc(Cl)cc(Cl)c1)C1CCCN(c2nc3nc(Cl)ccc3[nH]2)C1. The number of rotatable bonds is 4. The summed E-state index contributed by atoms with van der Waals surface area (Å²) in [7, 11) is 0. The minimum Gasteiger partial charge on any atom is -0.359 e. The summed E-state index contributed by atoms with van der Waals surface area (Å²) >= 11 is 18.1. The molecule has 1 saturated heterocycles. The van der Waals surface area contributed by atoms with Gasteiger partial charge in [-0.05, 0) is 43.2 Å². The van der Waals surface area contributed by atoms with Crippen LogP contribution in [0.25, 0.3) is 11.2 Å². The highest BCUT2D eigenvalue weighted by Gasteiger charge is 2.24. The van der Waals surface area contributed by atoms with Gasteiger partial charge >= 0.3 is 0 Å². The Morgan fingerprint density at radius 2 is 1.93 bits per heavy atom. The second-order valence-corrected chi connectivity index (χ2v) is 7.92. The number of H-pyrrole nitrogens is 1. The fraction of sp³-hybridized carbons (Fsp3) is 0.263. The van der Waals surface area contributed by atoms with E-state index in [1.165, 1.54) is 0 Å². The molecule has 1 unspecified atom stereocenters. The van der Waals surface area contributed by atoms with Crippen LogP contribution in [0, 0.1) is 5.92 Å². The minimum atomic E-state index is 0.279. The van der Waals surface area contributed by atoms with Crippen molar-refractivity contribution in [3.8, 4) is 0 Å². The fourth-order valence-corrected chi connectivity index (χ4v) is 4.04. The Bertz CT molecular complexity index is 980. The zero-order valence-electron chi connectivity index (χ0n) is 14.5. The summed E-state index contributed by atoms with van der Waals surface area (Å²) in [5.74, 6) is 1.09. The van der Waals surface area contributed by atoms with Crippen LogP contribution in [0.2, 0.25) is 15.2 Å². The molecule has 0 saturated carbocycles. The Morgan fingerprint density at radius 3 is 2.70 bits per heavy atom. The molecule has 3 heterocycles. The second-order valence-electron chi connectivity index (χ2n) is 6.66. The standard InChI is InChI=1S/C19H18Cl3N5/c1-11(23-15-8-13(20)7-14(21)9-15)12-3-2-6-27(10-12)19-24-16-4-5-17(22)25-18(16)26-19/h4-5,7-9,12,23H,1-3,6,10H2,(H,24,25,26). The van der Waals surface area contributed by atoms with Crippen molar-refractivity contribution in [1.82, 2.24) is 15.0 Å².